The molecule has 0 spiro atoms. The third-order valence-corrected chi connectivity index (χ3v) is 2.41. The first-order chi connectivity index (χ1) is 8.24. The molecule has 8 heteroatoms. The highest BCUT2D eigenvalue weighted by molar-refractivity contribution is 7.13. The summed E-state index contributed by atoms with van der Waals surface area (Å²) in [4.78, 5) is 36.3. The van der Waals surface area contributed by atoms with E-state index in [1.807, 2.05) is 0 Å². The van der Waals surface area contributed by atoms with Gasteiger partial charge < -0.3 is 10.6 Å². The Balaban J connectivity index is 2.18. The second-order valence-electron chi connectivity index (χ2n) is 2.97. The fourth-order valence-electron chi connectivity index (χ4n) is 0.971. The van der Waals surface area contributed by atoms with Crippen molar-refractivity contribution in [2.24, 2.45) is 0 Å². The van der Waals surface area contributed by atoms with Crippen LogP contribution in [0.15, 0.2) is 11.6 Å². The normalized spacial score (nSPS) is 9.41. The number of anilines is 1. The van der Waals surface area contributed by atoms with E-state index in [2.05, 4.69) is 20.9 Å². The van der Waals surface area contributed by atoms with Gasteiger partial charge in [0.05, 0.1) is 0 Å². The molecule has 0 fully saturated rings. The van der Waals surface area contributed by atoms with Crippen molar-refractivity contribution in [3.63, 3.8) is 0 Å². The van der Waals surface area contributed by atoms with Crippen LogP contribution in [0.4, 0.5) is 5.13 Å². The predicted molar refractivity (Wildman–Crippen MR) is 62.4 cm³/mol. The summed E-state index contributed by atoms with van der Waals surface area (Å²) in [6, 6.07) is 0. The van der Waals surface area contributed by atoms with E-state index in [0.29, 0.717) is 31.1 Å². The van der Waals surface area contributed by atoms with Crippen LogP contribution in [0.3, 0.4) is 0 Å². The molecule has 1 aromatic heterocycles. The quantitative estimate of drug-likeness (QED) is 0.357. The summed E-state index contributed by atoms with van der Waals surface area (Å²) in [5.41, 5.74) is 0. The molecule has 92 valence electrons. The maximum atomic E-state index is 11.3. The van der Waals surface area contributed by atoms with Gasteiger partial charge in [0.15, 0.2) is 5.13 Å². The third kappa shape index (κ3) is 5.07. The van der Waals surface area contributed by atoms with Gasteiger partial charge in [-0.2, -0.15) is 0 Å². The molecule has 0 saturated carbocycles. The van der Waals surface area contributed by atoms with Gasteiger partial charge in [0.25, 0.3) is 0 Å². The van der Waals surface area contributed by atoms with Crippen LogP contribution in [0.1, 0.15) is 6.42 Å². The molecule has 0 bridgehead atoms. The number of thiazole rings is 1. The van der Waals surface area contributed by atoms with Crippen molar-refractivity contribution in [1.82, 2.24) is 15.6 Å². The summed E-state index contributed by atoms with van der Waals surface area (Å²) >= 11 is 1.23. The minimum Gasteiger partial charge on any atom is -0.359 e. The second kappa shape index (κ2) is 7.34. The molecule has 0 unspecified atom stereocenters. The number of carbonyl (C=O) groups is 3. The fourth-order valence-corrected chi connectivity index (χ4v) is 1.49. The summed E-state index contributed by atoms with van der Waals surface area (Å²) in [6.45, 7) is 0.781. The van der Waals surface area contributed by atoms with E-state index in [9.17, 15) is 14.4 Å². The minimum atomic E-state index is -0.747. The first kappa shape index (κ1) is 13.1. The Kier molecular flexibility index (Phi) is 5.66. The van der Waals surface area contributed by atoms with Gasteiger partial charge in [-0.1, -0.05) is 0 Å². The number of amides is 3. The number of carbonyl (C=O) groups excluding carboxylic acids is 3. The number of aromatic nitrogens is 1. The highest BCUT2D eigenvalue weighted by Crippen LogP contribution is 2.09. The summed E-state index contributed by atoms with van der Waals surface area (Å²) in [6.07, 6.45) is 2.68. The zero-order valence-corrected chi connectivity index (χ0v) is 9.75. The van der Waals surface area contributed by atoms with Crippen molar-refractivity contribution in [2.45, 2.75) is 6.42 Å². The average molecular weight is 256 g/mol. The van der Waals surface area contributed by atoms with Gasteiger partial charge in [-0.25, -0.2) is 4.98 Å². The lowest BCUT2D eigenvalue weighted by Gasteiger charge is -2.04. The smallest absolute Gasteiger partial charge is 0.315 e. The van der Waals surface area contributed by atoms with Crippen molar-refractivity contribution in [3.8, 4) is 0 Å². The van der Waals surface area contributed by atoms with E-state index in [0.717, 1.165) is 0 Å². The summed E-state index contributed by atoms with van der Waals surface area (Å²) in [7, 11) is 0. The molecule has 1 rings (SSSR count). The minimum absolute atomic E-state index is 0.324. The Labute approximate surface area is 102 Å². The Morgan fingerprint density at radius 3 is 2.82 bits per heavy atom. The molecule has 0 atom stereocenters. The highest BCUT2D eigenvalue weighted by Gasteiger charge is 2.13. The first-order valence-corrected chi connectivity index (χ1v) is 5.77. The zero-order valence-electron chi connectivity index (χ0n) is 8.93. The molecule has 1 aromatic rings. The van der Waals surface area contributed by atoms with E-state index in [1.165, 1.54) is 17.5 Å². The molecule has 0 aliphatic carbocycles. The molecular formula is C9H12N4O3S. The van der Waals surface area contributed by atoms with Crippen LogP contribution in [0, 0.1) is 0 Å². The SMILES string of the molecule is O=CNCCCNC(=O)C(=O)Nc1nccs1. The number of hydrogen-bond acceptors (Lipinski definition) is 5. The molecule has 7 nitrogen and oxygen atoms in total. The van der Waals surface area contributed by atoms with Gasteiger partial charge in [-0.15, -0.1) is 11.3 Å². The largest absolute Gasteiger partial charge is 0.359 e. The third-order valence-electron chi connectivity index (χ3n) is 1.73. The molecule has 1 heterocycles. The molecule has 0 aliphatic rings. The molecule has 0 aliphatic heterocycles. The predicted octanol–water partition coefficient (Wildman–Crippen LogP) is -0.666. The topological polar surface area (TPSA) is 100 Å². The zero-order chi connectivity index (χ0) is 12.5. The number of nitrogens with zero attached hydrogens (tertiary/aromatic N) is 1. The van der Waals surface area contributed by atoms with E-state index < -0.39 is 11.8 Å². The van der Waals surface area contributed by atoms with E-state index in [4.69, 9.17) is 0 Å². The Morgan fingerprint density at radius 1 is 1.35 bits per heavy atom. The van der Waals surface area contributed by atoms with Crippen molar-refractivity contribution in [3.05, 3.63) is 11.6 Å². The van der Waals surface area contributed by atoms with Gasteiger partial charge in [-0.3, -0.25) is 19.7 Å². The van der Waals surface area contributed by atoms with Crippen LogP contribution in [-0.4, -0.2) is 36.3 Å². The Morgan fingerprint density at radius 2 is 2.18 bits per heavy atom. The lowest BCUT2D eigenvalue weighted by molar-refractivity contribution is -0.136. The fraction of sp³-hybridized carbons (Fsp3) is 0.333. The second-order valence-corrected chi connectivity index (χ2v) is 3.87. The number of nitrogens with one attached hydrogen (secondary N) is 3. The van der Waals surface area contributed by atoms with Gasteiger partial charge in [0, 0.05) is 24.7 Å². The van der Waals surface area contributed by atoms with Crippen LogP contribution < -0.4 is 16.0 Å². The summed E-state index contributed by atoms with van der Waals surface area (Å²) in [5, 5.41) is 9.30. The van der Waals surface area contributed by atoms with Crippen molar-refractivity contribution in [2.75, 3.05) is 18.4 Å². The van der Waals surface area contributed by atoms with E-state index >= 15 is 0 Å². The monoisotopic (exact) mass is 256 g/mol. The lowest BCUT2D eigenvalue weighted by atomic mass is 10.4. The Bertz CT molecular complexity index is 380. The molecule has 0 radical (unpaired) electrons. The van der Waals surface area contributed by atoms with Crippen molar-refractivity contribution < 1.29 is 14.4 Å². The van der Waals surface area contributed by atoms with Crippen LogP contribution in [0.5, 0.6) is 0 Å². The standard InChI is InChI=1S/C9H12N4O3S/c14-6-10-2-1-3-11-7(15)8(16)13-9-12-4-5-17-9/h4-6H,1-3H2,(H,10,14)(H,11,15)(H,12,13,16). The number of hydrogen-bond donors (Lipinski definition) is 3. The van der Waals surface area contributed by atoms with Crippen LogP contribution in [0.25, 0.3) is 0 Å². The van der Waals surface area contributed by atoms with Gasteiger partial charge in [0.2, 0.25) is 6.41 Å². The van der Waals surface area contributed by atoms with Gasteiger partial charge >= 0.3 is 11.8 Å². The van der Waals surface area contributed by atoms with Crippen molar-refractivity contribution >= 4 is 34.7 Å². The number of rotatable bonds is 6. The first-order valence-electron chi connectivity index (χ1n) is 4.89. The highest BCUT2D eigenvalue weighted by atomic mass is 32.1. The summed E-state index contributed by atoms with van der Waals surface area (Å²) in [5.74, 6) is -1.46. The van der Waals surface area contributed by atoms with E-state index in [1.54, 1.807) is 5.38 Å². The molecule has 3 N–H and O–H groups in total. The lowest BCUT2D eigenvalue weighted by Crippen LogP contribution is -2.36. The maximum Gasteiger partial charge on any atom is 0.315 e. The maximum absolute atomic E-state index is 11.3. The Hall–Kier alpha value is -1.96. The summed E-state index contributed by atoms with van der Waals surface area (Å²) < 4.78 is 0. The molecule has 17 heavy (non-hydrogen) atoms. The molecule has 0 aromatic carbocycles. The average Bonchev–Trinajstić information content (AvgIpc) is 2.81. The van der Waals surface area contributed by atoms with E-state index in [-0.39, 0.29) is 0 Å². The van der Waals surface area contributed by atoms with Crippen LogP contribution >= 0.6 is 11.3 Å². The molecule has 3 amide bonds. The van der Waals surface area contributed by atoms with Gasteiger partial charge in [-0.05, 0) is 6.42 Å². The van der Waals surface area contributed by atoms with Crippen LogP contribution in [0.2, 0.25) is 0 Å². The molecular weight excluding hydrogens is 244 g/mol. The van der Waals surface area contributed by atoms with Gasteiger partial charge in [0.1, 0.15) is 0 Å². The molecule has 0 saturated heterocycles. The van der Waals surface area contributed by atoms with Crippen LogP contribution in [-0.2, 0) is 14.4 Å². The van der Waals surface area contributed by atoms with Crippen molar-refractivity contribution in [1.29, 1.82) is 0 Å².